The second-order valence-electron chi connectivity index (χ2n) is 16.8. The van der Waals surface area contributed by atoms with Gasteiger partial charge >= 0.3 is 0 Å². The number of carbonyl (C=O) groups excluding carboxylic acids is 1. The molecule has 0 saturated heterocycles. The number of amides is 1. The van der Waals surface area contributed by atoms with Crippen LogP contribution in [0, 0.1) is 0 Å². The van der Waals surface area contributed by atoms with Crippen LogP contribution in [0.5, 0.6) is 0 Å². The number of quaternary nitrogens is 1. The van der Waals surface area contributed by atoms with Crippen LogP contribution in [0.15, 0.2) is 12.2 Å². The number of phosphoric ester groups is 1. The highest BCUT2D eigenvalue weighted by molar-refractivity contribution is 7.45. The van der Waals surface area contributed by atoms with Crippen LogP contribution in [0.3, 0.4) is 0 Å². The van der Waals surface area contributed by atoms with Gasteiger partial charge in [-0.2, -0.15) is 0 Å². The van der Waals surface area contributed by atoms with Crippen LogP contribution < -0.4 is 10.2 Å². The average molecular weight is 773 g/mol. The number of hydrogen-bond donors (Lipinski definition) is 2. The molecule has 0 aliphatic carbocycles. The Labute approximate surface area is 329 Å². The summed E-state index contributed by atoms with van der Waals surface area (Å²) in [7, 11) is 1.27. The lowest BCUT2D eigenvalue weighted by molar-refractivity contribution is -0.870. The Bertz CT molecular complexity index is 880. The van der Waals surface area contributed by atoms with Gasteiger partial charge in [0.2, 0.25) is 5.91 Å². The van der Waals surface area contributed by atoms with Gasteiger partial charge in [0.25, 0.3) is 7.82 Å². The van der Waals surface area contributed by atoms with Crippen molar-refractivity contribution in [3.63, 3.8) is 0 Å². The van der Waals surface area contributed by atoms with E-state index < -0.39 is 20.0 Å². The number of likely N-dealkylation sites (N-methyl/N-ethyl adjacent to an activating group) is 1. The summed E-state index contributed by atoms with van der Waals surface area (Å²) in [6.45, 7) is 4.66. The minimum absolute atomic E-state index is 0.00206. The van der Waals surface area contributed by atoms with Gasteiger partial charge < -0.3 is 28.8 Å². The number of allylic oxidation sites excluding steroid dienone is 1. The molecule has 8 nitrogen and oxygen atoms in total. The monoisotopic (exact) mass is 773 g/mol. The third-order valence-corrected chi connectivity index (χ3v) is 11.2. The molecule has 53 heavy (non-hydrogen) atoms. The van der Waals surface area contributed by atoms with Crippen molar-refractivity contribution in [1.82, 2.24) is 5.32 Å². The second-order valence-corrected chi connectivity index (χ2v) is 18.2. The van der Waals surface area contributed by atoms with E-state index in [0.717, 1.165) is 38.5 Å². The molecule has 1 amide bonds. The number of rotatable bonds is 41. The van der Waals surface area contributed by atoms with Gasteiger partial charge in [-0.15, -0.1) is 0 Å². The summed E-state index contributed by atoms with van der Waals surface area (Å²) in [5.74, 6) is -0.195. The summed E-state index contributed by atoms with van der Waals surface area (Å²) >= 11 is 0. The lowest BCUT2D eigenvalue weighted by atomic mass is 10.0. The molecule has 0 bridgehead atoms. The maximum atomic E-state index is 12.8. The van der Waals surface area contributed by atoms with Gasteiger partial charge in [-0.05, 0) is 19.3 Å². The molecule has 0 aromatic rings. The van der Waals surface area contributed by atoms with Crippen LogP contribution in [-0.4, -0.2) is 68.5 Å². The Morgan fingerprint density at radius 2 is 1.02 bits per heavy atom. The fraction of sp³-hybridized carbons (Fsp3) is 0.932. The maximum absolute atomic E-state index is 12.8. The zero-order valence-corrected chi connectivity index (χ0v) is 36.6. The van der Waals surface area contributed by atoms with Crippen molar-refractivity contribution in [3.05, 3.63) is 12.2 Å². The van der Waals surface area contributed by atoms with E-state index in [1.165, 1.54) is 154 Å². The molecule has 3 unspecified atom stereocenters. The molecule has 0 aliphatic rings. The third-order valence-electron chi connectivity index (χ3n) is 10.2. The van der Waals surface area contributed by atoms with E-state index in [2.05, 4.69) is 19.2 Å². The first-order valence-electron chi connectivity index (χ1n) is 22.6. The number of nitrogens with one attached hydrogen (secondary N) is 1. The first kappa shape index (κ1) is 52.2. The van der Waals surface area contributed by atoms with Gasteiger partial charge in [0.15, 0.2) is 0 Å². The van der Waals surface area contributed by atoms with Gasteiger partial charge in [0.1, 0.15) is 13.2 Å². The van der Waals surface area contributed by atoms with Crippen molar-refractivity contribution in [3.8, 4) is 0 Å². The van der Waals surface area contributed by atoms with Crippen molar-refractivity contribution < 1.29 is 32.9 Å². The smallest absolute Gasteiger partial charge is 0.268 e. The summed E-state index contributed by atoms with van der Waals surface area (Å²) in [4.78, 5) is 25.3. The summed E-state index contributed by atoms with van der Waals surface area (Å²) in [5, 5.41) is 13.8. The maximum Gasteiger partial charge on any atom is 0.268 e. The highest BCUT2D eigenvalue weighted by atomic mass is 31.2. The Hall–Kier alpha value is -0.760. The van der Waals surface area contributed by atoms with Gasteiger partial charge in [0.05, 0.1) is 39.9 Å². The SMILES string of the molecule is CCCCCCCCCCCCC/C=C/C(O)C(COP(=O)([O-])OCC[N+](C)(C)C)NC(=O)CCCCCCCCCCCCCCCCCCCC. The van der Waals surface area contributed by atoms with Gasteiger partial charge in [0, 0.05) is 6.42 Å². The molecule has 0 rings (SSSR count). The number of aliphatic hydroxyl groups is 1. The quantitative estimate of drug-likeness (QED) is 0.0277. The van der Waals surface area contributed by atoms with Crippen LogP contribution >= 0.6 is 7.82 Å². The van der Waals surface area contributed by atoms with Crippen molar-refractivity contribution in [1.29, 1.82) is 0 Å². The fourth-order valence-electron chi connectivity index (χ4n) is 6.62. The molecule has 2 N–H and O–H groups in total. The molecule has 9 heteroatoms. The van der Waals surface area contributed by atoms with E-state index in [-0.39, 0.29) is 19.1 Å². The summed E-state index contributed by atoms with van der Waals surface area (Å²) in [5.41, 5.74) is 0. The lowest BCUT2D eigenvalue weighted by Gasteiger charge is -2.29. The molecular weight excluding hydrogens is 683 g/mol. The van der Waals surface area contributed by atoms with Crippen molar-refractivity contribution in [2.24, 2.45) is 0 Å². The molecule has 0 aromatic heterocycles. The number of unbranched alkanes of at least 4 members (excludes halogenated alkanes) is 28. The van der Waals surface area contributed by atoms with Crippen LogP contribution in [0.1, 0.15) is 213 Å². The predicted octanol–water partition coefficient (Wildman–Crippen LogP) is 11.7. The van der Waals surface area contributed by atoms with Gasteiger partial charge in [-0.3, -0.25) is 9.36 Å². The molecule has 0 saturated carbocycles. The zero-order valence-electron chi connectivity index (χ0n) is 35.7. The first-order valence-corrected chi connectivity index (χ1v) is 24.0. The minimum Gasteiger partial charge on any atom is -0.756 e. The van der Waals surface area contributed by atoms with Crippen molar-refractivity contribution in [2.45, 2.75) is 225 Å². The number of nitrogens with zero attached hydrogens (tertiary/aromatic N) is 1. The molecule has 0 aliphatic heterocycles. The first-order chi connectivity index (χ1) is 25.5. The molecule has 0 heterocycles. The normalized spacial score (nSPS) is 14.5. The Balaban J connectivity index is 4.35. The van der Waals surface area contributed by atoms with Gasteiger partial charge in [-0.1, -0.05) is 199 Å². The van der Waals surface area contributed by atoms with Crippen LogP contribution in [0.4, 0.5) is 0 Å². The standard InChI is InChI=1S/C44H89N2O6P/c1-6-8-10-12-14-16-18-20-21-22-23-24-26-28-30-32-34-36-38-44(48)45-42(41-52-53(49,50)51-40-39-46(3,4)5)43(47)37-35-33-31-29-27-25-19-17-15-13-11-9-7-2/h35,37,42-43,47H,6-34,36,38-41H2,1-5H3,(H-,45,48,49,50)/b37-35+. The Kier molecular flexibility index (Phi) is 36.3. The number of aliphatic hydroxyl groups excluding tert-OH is 1. The lowest BCUT2D eigenvalue weighted by Crippen LogP contribution is -2.45. The molecule has 3 atom stereocenters. The summed E-state index contributed by atoms with van der Waals surface area (Å²) < 4.78 is 23.2. The van der Waals surface area contributed by atoms with Gasteiger partial charge in [-0.25, -0.2) is 0 Å². The third kappa shape index (κ3) is 39.3. The molecule has 0 spiro atoms. The highest BCUT2D eigenvalue weighted by Gasteiger charge is 2.23. The van der Waals surface area contributed by atoms with E-state index in [0.29, 0.717) is 17.4 Å². The fourth-order valence-corrected chi connectivity index (χ4v) is 7.35. The van der Waals surface area contributed by atoms with E-state index in [9.17, 15) is 19.4 Å². The van der Waals surface area contributed by atoms with Crippen LogP contribution in [0.2, 0.25) is 0 Å². The zero-order chi connectivity index (χ0) is 39.3. The number of phosphoric acid groups is 1. The number of carbonyl (C=O) groups is 1. The second kappa shape index (κ2) is 36.9. The average Bonchev–Trinajstić information content (AvgIpc) is 3.10. The summed E-state index contributed by atoms with van der Waals surface area (Å²) in [6.07, 6.45) is 41.1. The molecule has 0 fully saturated rings. The van der Waals surface area contributed by atoms with E-state index >= 15 is 0 Å². The van der Waals surface area contributed by atoms with E-state index in [1.54, 1.807) is 6.08 Å². The van der Waals surface area contributed by atoms with E-state index in [1.807, 2.05) is 27.2 Å². The van der Waals surface area contributed by atoms with E-state index in [4.69, 9.17) is 9.05 Å². The summed E-state index contributed by atoms with van der Waals surface area (Å²) in [6, 6.07) is -0.879. The van der Waals surface area contributed by atoms with Crippen molar-refractivity contribution >= 4 is 13.7 Å². The largest absolute Gasteiger partial charge is 0.756 e. The Morgan fingerprint density at radius 1 is 0.642 bits per heavy atom. The number of hydrogen-bond acceptors (Lipinski definition) is 6. The Morgan fingerprint density at radius 3 is 1.42 bits per heavy atom. The van der Waals surface area contributed by atoms with Crippen molar-refractivity contribution in [2.75, 3.05) is 40.9 Å². The predicted molar refractivity (Wildman–Crippen MR) is 224 cm³/mol. The topological polar surface area (TPSA) is 108 Å². The van der Waals surface area contributed by atoms with Crippen LogP contribution in [-0.2, 0) is 18.4 Å². The molecule has 0 radical (unpaired) electrons. The molecule has 316 valence electrons. The minimum atomic E-state index is -4.58. The van der Waals surface area contributed by atoms with Crippen LogP contribution in [0.25, 0.3) is 0 Å². The highest BCUT2D eigenvalue weighted by Crippen LogP contribution is 2.38. The molecule has 0 aromatic carbocycles. The molecular formula is C44H89N2O6P.